The largest absolute Gasteiger partial charge is 0.414 e. The van der Waals surface area contributed by atoms with Crippen LogP contribution in [0.4, 0.5) is 4.79 Å². The molecule has 0 saturated heterocycles. The molecule has 0 amide bonds. The normalized spacial score (nSPS) is 10.8. The predicted octanol–water partition coefficient (Wildman–Crippen LogP) is 4.15. The minimum atomic E-state index is -0.954. The molecule has 2 aromatic carbocycles. The molecule has 0 aliphatic carbocycles. The number of ether oxygens (including phenoxy) is 1. The number of carbonyl (C=O) groups is 1. The maximum atomic E-state index is 12.5. The lowest BCUT2D eigenvalue weighted by atomic mass is 10.1. The third-order valence-corrected chi connectivity index (χ3v) is 3.97. The Bertz CT molecular complexity index is 854. The van der Waals surface area contributed by atoms with Crippen LogP contribution < -0.4 is 10.2 Å². The lowest BCUT2D eigenvalue weighted by Crippen LogP contribution is -2.05. The zero-order valence-corrected chi connectivity index (χ0v) is 11.1. The van der Waals surface area contributed by atoms with E-state index in [1.807, 2.05) is 18.2 Å². The summed E-state index contributed by atoms with van der Waals surface area (Å²) in [5, 5.41) is 0.998. The van der Waals surface area contributed by atoms with Crippen LogP contribution in [0.15, 0.2) is 47.3 Å². The quantitative estimate of drug-likeness (QED) is 0.499. The Morgan fingerprint density at radius 2 is 1.79 bits per heavy atom. The van der Waals surface area contributed by atoms with Gasteiger partial charge in [-0.15, -0.1) is 11.3 Å². The third kappa shape index (κ3) is 2.09. The summed E-state index contributed by atoms with van der Waals surface area (Å²) in [6.45, 7) is 0. The van der Waals surface area contributed by atoms with Gasteiger partial charge in [0.1, 0.15) is 5.75 Å². The van der Waals surface area contributed by atoms with Crippen LogP contribution in [-0.4, -0.2) is 5.43 Å². The Morgan fingerprint density at radius 3 is 2.58 bits per heavy atom. The first-order chi connectivity index (χ1) is 9.16. The summed E-state index contributed by atoms with van der Waals surface area (Å²) < 4.78 is 6.55. The van der Waals surface area contributed by atoms with Crippen LogP contribution in [0, 0.1) is 0 Å². The Balaban J connectivity index is 2.45. The van der Waals surface area contributed by atoms with Crippen molar-refractivity contribution in [3.63, 3.8) is 0 Å². The second-order valence-corrected chi connectivity index (χ2v) is 5.29. The Morgan fingerprint density at radius 1 is 1.05 bits per heavy atom. The van der Waals surface area contributed by atoms with Gasteiger partial charge in [-0.2, -0.15) is 0 Å². The molecule has 0 atom stereocenters. The van der Waals surface area contributed by atoms with Gasteiger partial charge in [0.25, 0.3) is 0 Å². The molecule has 0 radical (unpaired) electrons. The van der Waals surface area contributed by atoms with E-state index in [1.54, 1.807) is 24.3 Å². The van der Waals surface area contributed by atoms with Crippen molar-refractivity contribution in [1.82, 2.24) is 0 Å². The molecular weight excluding hydrogens is 284 g/mol. The van der Waals surface area contributed by atoms with E-state index in [9.17, 15) is 9.59 Å². The maximum absolute atomic E-state index is 12.5. The highest BCUT2D eigenvalue weighted by atomic mass is 35.5. The number of benzene rings is 2. The van der Waals surface area contributed by atoms with Gasteiger partial charge < -0.3 is 4.74 Å². The molecule has 1 aromatic heterocycles. The first-order valence-electron chi connectivity index (χ1n) is 5.49. The van der Waals surface area contributed by atoms with E-state index in [0.717, 1.165) is 9.40 Å². The van der Waals surface area contributed by atoms with Gasteiger partial charge in [-0.1, -0.05) is 18.2 Å². The van der Waals surface area contributed by atoms with Crippen LogP contribution in [0.25, 0.3) is 20.2 Å². The van der Waals surface area contributed by atoms with Crippen molar-refractivity contribution in [1.29, 1.82) is 0 Å². The van der Waals surface area contributed by atoms with E-state index in [0.29, 0.717) is 10.8 Å². The second-order valence-electron chi connectivity index (χ2n) is 3.90. The minimum Gasteiger partial charge on any atom is -0.414 e. The second kappa shape index (κ2) is 4.64. The molecule has 0 aliphatic rings. The molecule has 0 spiro atoms. The van der Waals surface area contributed by atoms with Gasteiger partial charge in [0.15, 0.2) is 5.43 Å². The SMILES string of the molecule is O=C(Cl)Oc1cccc2sc3ccccc3c(=O)c12. The van der Waals surface area contributed by atoms with Gasteiger partial charge in [-0.3, -0.25) is 4.79 Å². The number of carbonyl (C=O) groups excluding carboxylic acids is 1. The van der Waals surface area contributed by atoms with Crippen molar-refractivity contribution in [3.05, 3.63) is 52.7 Å². The van der Waals surface area contributed by atoms with Crippen LogP contribution in [0.5, 0.6) is 5.75 Å². The Labute approximate surface area is 117 Å². The standard InChI is InChI=1S/C14H7ClO3S/c15-14(17)18-9-5-3-7-11-12(9)13(16)8-4-1-2-6-10(8)19-11/h1-7H. The Hall–Kier alpha value is -1.91. The summed E-state index contributed by atoms with van der Waals surface area (Å²) in [5.41, 5.74) is -1.11. The van der Waals surface area contributed by atoms with Crippen LogP contribution >= 0.6 is 22.9 Å². The average molecular weight is 291 g/mol. The summed E-state index contributed by atoms with van der Waals surface area (Å²) in [6, 6.07) is 12.4. The maximum Gasteiger partial charge on any atom is 0.409 e. The number of hydrogen-bond donors (Lipinski definition) is 0. The molecule has 1 heterocycles. The van der Waals surface area contributed by atoms with Crippen molar-refractivity contribution in [2.75, 3.05) is 0 Å². The smallest absolute Gasteiger partial charge is 0.409 e. The van der Waals surface area contributed by atoms with Crippen molar-refractivity contribution in [2.24, 2.45) is 0 Å². The highest BCUT2D eigenvalue weighted by Crippen LogP contribution is 2.30. The molecule has 19 heavy (non-hydrogen) atoms. The van der Waals surface area contributed by atoms with E-state index >= 15 is 0 Å². The first kappa shape index (κ1) is 12.1. The topological polar surface area (TPSA) is 43.4 Å². The van der Waals surface area contributed by atoms with Crippen LogP contribution in [-0.2, 0) is 0 Å². The zero-order valence-electron chi connectivity index (χ0n) is 9.55. The molecule has 0 N–H and O–H groups in total. The van der Waals surface area contributed by atoms with Gasteiger partial charge >= 0.3 is 5.43 Å². The highest BCUT2D eigenvalue weighted by molar-refractivity contribution is 7.24. The van der Waals surface area contributed by atoms with Gasteiger partial charge in [0.05, 0.1) is 5.39 Å². The molecule has 3 nitrogen and oxygen atoms in total. The molecule has 5 heteroatoms. The van der Waals surface area contributed by atoms with E-state index in [4.69, 9.17) is 16.3 Å². The fraction of sp³-hybridized carbons (Fsp3) is 0. The molecule has 0 saturated carbocycles. The molecule has 0 fully saturated rings. The monoisotopic (exact) mass is 290 g/mol. The number of rotatable bonds is 1. The Kier molecular flexibility index (Phi) is 2.97. The summed E-state index contributed by atoms with van der Waals surface area (Å²) >= 11 is 6.70. The number of fused-ring (bicyclic) bond motifs is 2. The van der Waals surface area contributed by atoms with Crippen molar-refractivity contribution >= 4 is 48.5 Å². The zero-order chi connectivity index (χ0) is 13.4. The molecule has 0 aliphatic heterocycles. The van der Waals surface area contributed by atoms with Crippen molar-refractivity contribution in [3.8, 4) is 5.75 Å². The lowest BCUT2D eigenvalue weighted by Gasteiger charge is -2.05. The number of halogens is 1. The predicted molar refractivity (Wildman–Crippen MR) is 77.5 cm³/mol. The molecule has 0 bridgehead atoms. The summed E-state index contributed by atoms with van der Waals surface area (Å²) in [4.78, 5) is 23.3. The van der Waals surface area contributed by atoms with E-state index in [2.05, 4.69) is 0 Å². The molecule has 3 rings (SSSR count). The van der Waals surface area contributed by atoms with Gasteiger partial charge in [-0.25, -0.2) is 4.79 Å². The van der Waals surface area contributed by atoms with Gasteiger partial charge in [0.2, 0.25) is 0 Å². The minimum absolute atomic E-state index is 0.155. The molecule has 94 valence electrons. The average Bonchev–Trinajstić information content (AvgIpc) is 2.38. The van der Waals surface area contributed by atoms with Crippen LogP contribution in [0.2, 0.25) is 0 Å². The van der Waals surface area contributed by atoms with Crippen LogP contribution in [0.3, 0.4) is 0 Å². The van der Waals surface area contributed by atoms with Crippen LogP contribution in [0.1, 0.15) is 0 Å². The molecular formula is C14H7ClO3S. The fourth-order valence-corrected chi connectivity index (χ4v) is 3.17. The first-order valence-corrected chi connectivity index (χ1v) is 6.68. The summed E-state index contributed by atoms with van der Waals surface area (Å²) in [7, 11) is 0. The molecule has 0 unspecified atom stereocenters. The lowest BCUT2D eigenvalue weighted by molar-refractivity contribution is 0.226. The number of hydrogen-bond acceptors (Lipinski definition) is 4. The summed E-state index contributed by atoms with van der Waals surface area (Å²) in [5.74, 6) is 0.199. The summed E-state index contributed by atoms with van der Waals surface area (Å²) in [6.07, 6.45) is 0. The van der Waals surface area contributed by atoms with Crippen molar-refractivity contribution in [2.45, 2.75) is 0 Å². The van der Waals surface area contributed by atoms with E-state index in [-0.39, 0.29) is 11.2 Å². The van der Waals surface area contributed by atoms with Gasteiger partial charge in [-0.05, 0) is 24.3 Å². The highest BCUT2D eigenvalue weighted by Gasteiger charge is 2.12. The van der Waals surface area contributed by atoms with Crippen molar-refractivity contribution < 1.29 is 9.53 Å². The van der Waals surface area contributed by atoms with E-state index in [1.165, 1.54) is 11.3 Å². The van der Waals surface area contributed by atoms with E-state index < -0.39 is 5.43 Å². The van der Waals surface area contributed by atoms with Gasteiger partial charge in [0, 0.05) is 26.4 Å². The molecule has 3 aromatic rings. The fourth-order valence-electron chi connectivity index (χ4n) is 1.99. The third-order valence-electron chi connectivity index (χ3n) is 2.76.